The van der Waals surface area contributed by atoms with E-state index in [0.717, 1.165) is 5.56 Å². The standard InChI is InChI=1S/C14H19NO2/c1-4-15(5-2)14(17)13(11(3)16)12-9-7-6-8-10-12/h6-10,13H,4-5H2,1-3H3. The molecule has 0 aromatic heterocycles. The molecular formula is C14H19NO2. The van der Waals surface area contributed by atoms with E-state index in [1.165, 1.54) is 6.92 Å². The van der Waals surface area contributed by atoms with E-state index in [1.807, 2.05) is 44.2 Å². The molecule has 17 heavy (non-hydrogen) atoms. The Kier molecular flexibility index (Phi) is 4.88. The van der Waals surface area contributed by atoms with E-state index in [4.69, 9.17) is 0 Å². The van der Waals surface area contributed by atoms with Crippen molar-refractivity contribution in [3.63, 3.8) is 0 Å². The Labute approximate surface area is 102 Å². The van der Waals surface area contributed by atoms with E-state index in [0.29, 0.717) is 13.1 Å². The van der Waals surface area contributed by atoms with E-state index >= 15 is 0 Å². The van der Waals surface area contributed by atoms with Gasteiger partial charge in [-0.1, -0.05) is 30.3 Å². The van der Waals surface area contributed by atoms with Crippen LogP contribution in [0.1, 0.15) is 32.3 Å². The highest BCUT2D eigenvalue weighted by Gasteiger charge is 2.28. The molecule has 1 rings (SSSR count). The van der Waals surface area contributed by atoms with Crippen molar-refractivity contribution < 1.29 is 9.59 Å². The quantitative estimate of drug-likeness (QED) is 0.731. The Balaban J connectivity index is 3.02. The van der Waals surface area contributed by atoms with Gasteiger partial charge in [0.15, 0.2) is 0 Å². The first-order valence-corrected chi connectivity index (χ1v) is 5.96. The second-order valence-corrected chi connectivity index (χ2v) is 3.96. The third-order valence-electron chi connectivity index (χ3n) is 2.86. The number of nitrogens with zero attached hydrogens (tertiary/aromatic N) is 1. The van der Waals surface area contributed by atoms with Crippen LogP contribution >= 0.6 is 0 Å². The summed E-state index contributed by atoms with van der Waals surface area (Å²) in [6.45, 7) is 6.57. The average Bonchev–Trinajstić information content (AvgIpc) is 2.31. The number of hydrogen-bond donors (Lipinski definition) is 0. The summed E-state index contributed by atoms with van der Waals surface area (Å²) in [6.07, 6.45) is 0. The van der Waals surface area contributed by atoms with Crippen LogP contribution < -0.4 is 0 Å². The molecule has 0 saturated heterocycles. The highest BCUT2D eigenvalue weighted by atomic mass is 16.2. The highest BCUT2D eigenvalue weighted by Crippen LogP contribution is 2.19. The summed E-state index contributed by atoms with van der Waals surface area (Å²) in [4.78, 5) is 25.6. The SMILES string of the molecule is CCN(CC)C(=O)C(C(C)=O)c1ccccc1. The third kappa shape index (κ3) is 3.16. The summed E-state index contributed by atoms with van der Waals surface area (Å²) in [7, 11) is 0. The van der Waals surface area contributed by atoms with E-state index < -0.39 is 5.92 Å². The molecule has 0 saturated carbocycles. The summed E-state index contributed by atoms with van der Waals surface area (Å²) in [5.74, 6) is -0.863. The predicted octanol–water partition coefficient (Wildman–Crippen LogP) is 2.23. The second kappa shape index (κ2) is 6.18. The maximum absolute atomic E-state index is 12.3. The molecule has 0 aliphatic rings. The molecule has 0 bridgehead atoms. The molecule has 0 aliphatic heterocycles. The van der Waals surface area contributed by atoms with Gasteiger partial charge in [-0.2, -0.15) is 0 Å². The molecule has 0 heterocycles. The average molecular weight is 233 g/mol. The molecule has 1 atom stereocenters. The molecule has 0 fully saturated rings. The third-order valence-corrected chi connectivity index (χ3v) is 2.86. The minimum atomic E-state index is -0.656. The van der Waals surface area contributed by atoms with E-state index in [1.54, 1.807) is 4.90 Å². The van der Waals surface area contributed by atoms with Crippen LogP contribution in [-0.2, 0) is 9.59 Å². The molecular weight excluding hydrogens is 214 g/mol. The van der Waals surface area contributed by atoms with Crippen LogP contribution in [0.2, 0.25) is 0 Å². The Hall–Kier alpha value is -1.64. The molecule has 92 valence electrons. The fraction of sp³-hybridized carbons (Fsp3) is 0.429. The van der Waals surface area contributed by atoms with E-state index in [-0.39, 0.29) is 11.7 Å². The summed E-state index contributed by atoms with van der Waals surface area (Å²) in [6, 6.07) is 9.23. The molecule has 0 spiro atoms. The molecule has 1 aromatic rings. The summed E-state index contributed by atoms with van der Waals surface area (Å²) in [5.41, 5.74) is 0.775. The number of amides is 1. The number of benzene rings is 1. The van der Waals surface area contributed by atoms with Crippen LogP contribution in [-0.4, -0.2) is 29.7 Å². The van der Waals surface area contributed by atoms with Crippen molar-refractivity contribution in [2.75, 3.05) is 13.1 Å². The molecule has 0 N–H and O–H groups in total. The Morgan fingerprint density at radius 2 is 1.65 bits per heavy atom. The van der Waals surface area contributed by atoms with Crippen molar-refractivity contribution >= 4 is 11.7 Å². The van der Waals surface area contributed by atoms with Crippen molar-refractivity contribution in [2.45, 2.75) is 26.7 Å². The van der Waals surface area contributed by atoms with Crippen molar-refractivity contribution in [3.05, 3.63) is 35.9 Å². The fourth-order valence-corrected chi connectivity index (χ4v) is 1.91. The van der Waals surface area contributed by atoms with Crippen molar-refractivity contribution in [1.82, 2.24) is 4.90 Å². The predicted molar refractivity (Wildman–Crippen MR) is 67.8 cm³/mol. The smallest absolute Gasteiger partial charge is 0.237 e. The Bertz CT molecular complexity index is 382. The first kappa shape index (κ1) is 13.4. The minimum absolute atomic E-state index is 0.103. The van der Waals surface area contributed by atoms with Gasteiger partial charge in [-0.25, -0.2) is 0 Å². The lowest BCUT2D eigenvalue weighted by Gasteiger charge is -2.23. The van der Waals surface area contributed by atoms with Crippen molar-refractivity contribution in [3.8, 4) is 0 Å². The van der Waals surface area contributed by atoms with Crippen LogP contribution in [0.3, 0.4) is 0 Å². The molecule has 1 aromatic carbocycles. The van der Waals surface area contributed by atoms with Gasteiger partial charge in [-0.15, -0.1) is 0 Å². The summed E-state index contributed by atoms with van der Waals surface area (Å²) >= 11 is 0. The minimum Gasteiger partial charge on any atom is -0.342 e. The Morgan fingerprint density at radius 3 is 2.06 bits per heavy atom. The zero-order valence-corrected chi connectivity index (χ0v) is 10.6. The lowest BCUT2D eigenvalue weighted by Crippen LogP contribution is -2.37. The van der Waals surface area contributed by atoms with E-state index in [2.05, 4.69) is 0 Å². The van der Waals surface area contributed by atoms with Gasteiger partial charge in [0.2, 0.25) is 5.91 Å². The van der Waals surface area contributed by atoms with Gasteiger partial charge in [-0.3, -0.25) is 9.59 Å². The molecule has 0 radical (unpaired) electrons. The molecule has 3 nitrogen and oxygen atoms in total. The maximum atomic E-state index is 12.3. The van der Waals surface area contributed by atoms with Crippen LogP contribution in [0.5, 0.6) is 0 Å². The van der Waals surface area contributed by atoms with Crippen molar-refractivity contribution in [1.29, 1.82) is 0 Å². The number of carbonyl (C=O) groups is 2. The van der Waals surface area contributed by atoms with Gasteiger partial charge in [0.1, 0.15) is 11.7 Å². The second-order valence-electron chi connectivity index (χ2n) is 3.96. The molecule has 0 aliphatic carbocycles. The zero-order chi connectivity index (χ0) is 12.8. The monoisotopic (exact) mass is 233 g/mol. The topological polar surface area (TPSA) is 37.4 Å². The number of carbonyl (C=O) groups excluding carboxylic acids is 2. The Morgan fingerprint density at radius 1 is 1.12 bits per heavy atom. The van der Waals surface area contributed by atoms with Gasteiger partial charge in [0.05, 0.1) is 0 Å². The van der Waals surface area contributed by atoms with Crippen molar-refractivity contribution in [2.24, 2.45) is 0 Å². The number of likely N-dealkylation sites (N-methyl/N-ethyl adjacent to an activating group) is 1. The van der Waals surface area contributed by atoms with Gasteiger partial charge >= 0.3 is 0 Å². The lowest BCUT2D eigenvalue weighted by molar-refractivity contribution is -0.136. The normalized spacial score (nSPS) is 11.9. The number of ketones is 1. The summed E-state index contributed by atoms with van der Waals surface area (Å²) < 4.78 is 0. The lowest BCUT2D eigenvalue weighted by atomic mass is 9.94. The van der Waals surface area contributed by atoms with Crippen LogP contribution in [0, 0.1) is 0 Å². The van der Waals surface area contributed by atoms with Crippen LogP contribution in [0.15, 0.2) is 30.3 Å². The number of hydrogen-bond acceptors (Lipinski definition) is 2. The van der Waals surface area contributed by atoms with Gasteiger partial charge < -0.3 is 4.90 Å². The molecule has 3 heteroatoms. The number of rotatable bonds is 5. The maximum Gasteiger partial charge on any atom is 0.237 e. The fourth-order valence-electron chi connectivity index (χ4n) is 1.91. The van der Waals surface area contributed by atoms with Gasteiger partial charge in [-0.05, 0) is 26.3 Å². The van der Waals surface area contributed by atoms with Crippen LogP contribution in [0.25, 0.3) is 0 Å². The van der Waals surface area contributed by atoms with Gasteiger partial charge in [0.25, 0.3) is 0 Å². The first-order valence-electron chi connectivity index (χ1n) is 5.96. The van der Waals surface area contributed by atoms with E-state index in [9.17, 15) is 9.59 Å². The van der Waals surface area contributed by atoms with Gasteiger partial charge in [0, 0.05) is 13.1 Å². The zero-order valence-electron chi connectivity index (χ0n) is 10.6. The molecule has 1 amide bonds. The molecule has 1 unspecified atom stereocenters. The van der Waals surface area contributed by atoms with Crippen LogP contribution in [0.4, 0.5) is 0 Å². The largest absolute Gasteiger partial charge is 0.342 e. The highest BCUT2D eigenvalue weighted by molar-refractivity contribution is 6.05. The first-order chi connectivity index (χ1) is 8.11. The summed E-state index contributed by atoms with van der Waals surface area (Å²) in [5, 5.41) is 0. The number of Topliss-reactive ketones (excluding diaryl/α,β-unsaturated/α-hetero) is 1.